The maximum Gasteiger partial charge on any atom is 0.190 e. The summed E-state index contributed by atoms with van der Waals surface area (Å²) in [6, 6.07) is 5.69. The molecule has 0 atom stereocenters. The number of hydrogen-bond acceptors (Lipinski definition) is 14. The normalized spacial score (nSPS) is 11.5. The number of nitrogen functional groups attached to an aromatic ring is 2. The lowest BCUT2D eigenvalue weighted by Crippen LogP contribution is -2.09. The van der Waals surface area contributed by atoms with Gasteiger partial charge in [-0.3, -0.25) is 0 Å². The van der Waals surface area contributed by atoms with Gasteiger partial charge in [-0.1, -0.05) is 13.3 Å². The number of anilines is 2. The van der Waals surface area contributed by atoms with Crippen molar-refractivity contribution in [1.29, 1.82) is 10.5 Å². The van der Waals surface area contributed by atoms with E-state index >= 15 is 0 Å². The van der Waals surface area contributed by atoms with Crippen molar-refractivity contribution in [3.05, 3.63) is 47.3 Å². The Morgan fingerprint density at radius 1 is 0.814 bits per heavy atom. The van der Waals surface area contributed by atoms with Gasteiger partial charge < -0.3 is 11.5 Å². The van der Waals surface area contributed by atoms with Crippen molar-refractivity contribution in [3.8, 4) is 23.8 Å². The van der Waals surface area contributed by atoms with Crippen molar-refractivity contribution in [2.45, 2.75) is 33.1 Å². The van der Waals surface area contributed by atoms with Crippen LogP contribution in [0.2, 0.25) is 0 Å². The second-order valence-corrected chi connectivity index (χ2v) is 9.30. The Labute approximate surface area is 244 Å². The molecule has 18 nitrogen and oxygen atoms in total. The lowest BCUT2D eigenvalue weighted by Gasteiger charge is -2.06. The Bertz CT molecular complexity index is 1950. The van der Waals surface area contributed by atoms with Crippen LogP contribution in [0.3, 0.4) is 0 Å². The number of rotatable bonds is 9. The predicted molar refractivity (Wildman–Crippen MR) is 153 cm³/mol. The van der Waals surface area contributed by atoms with Gasteiger partial charge in [-0.05, 0) is 19.8 Å². The molecule has 18 heteroatoms. The number of nitriles is 2. The molecule has 0 bridgehead atoms. The maximum atomic E-state index is 9.37. The summed E-state index contributed by atoms with van der Waals surface area (Å²) in [5.74, 6) is 1.61. The zero-order valence-corrected chi connectivity index (χ0v) is 23.7. The van der Waals surface area contributed by atoms with Crippen LogP contribution in [0.4, 0.5) is 34.6 Å². The molecule has 4 N–H and O–H groups in total. The van der Waals surface area contributed by atoms with Gasteiger partial charge in [0.1, 0.15) is 29.6 Å². The first-order chi connectivity index (χ1) is 20.8. The fourth-order valence-electron chi connectivity index (χ4n) is 4.12. The predicted octanol–water partition coefficient (Wildman–Crippen LogP) is 3.70. The first-order valence-electron chi connectivity index (χ1n) is 13.0. The highest BCUT2D eigenvalue weighted by atomic mass is 15.4. The van der Waals surface area contributed by atoms with E-state index in [-0.39, 0.29) is 28.6 Å². The smallest absolute Gasteiger partial charge is 0.190 e. The topological polar surface area (TPSA) is 246 Å². The van der Waals surface area contributed by atoms with E-state index < -0.39 is 0 Å². The van der Waals surface area contributed by atoms with Gasteiger partial charge in [-0.15, -0.1) is 20.5 Å². The van der Waals surface area contributed by atoms with Gasteiger partial charge in [0, 0.05) is 20.2 Å². The van der Waals surface area contributed by atoms with Gasteiger partial charge >= 0.3 is 0 Å². The number of unbranched alkanes of at least 4 members (excludes halogenated alkanes) is 1. The summed E-state index contributed by atoms with van der Waals surface area (Å²) in [4.78, 5) is 8.68. The number of azo groups is 2. The largest absolute Gasteiger partial charge is 0.382 e. The molecular weight excluding hydrogens is 552 g/mol. The maximum absolute atomic E-state index is 9.37. The van der Waals surface area contributed by atoms with Gasteiger partial charge in [0.2, 0.25) is 0 Å². The molecule has 5 aromatic heterocycles. The van der Waals surface area contributed by atoms with Crippen LogP contribution in [0.5, 0.6) is 0 Å². The van der Waals surface area contributed by atoms with Gasteiger partial charge in [-0.2, -0.15) is 40.3 Å². The standard InChI is InChI=1S/C25H26N18/c1-5-6-7-17-21(35-37-25-16(10-27)12-33-41(25)4)23(29)43(39-17)19-8-18(30-13-31-19)42-22(28)20(14(2)38-42)34-36-24-15(9-26)11-32-40(24)3/h8,11-13H,5-7,28-29H2,1-4H3. The second kappa shape index (κ2) is 11.7. The minimum Gasteiger partial charge on any atom is -0.382 e. The SMILES string of the molecule is CCCCc1nn(-c2cc(-n3nc(C)c(N=Nc4c(C#N)cnn4C)c3N)ncn2)c(N)c1N=Nc1c(C#N)cnn1C. The van der Waals surface area contributed by atoms with Crippen molar-refractivity contribution < 1.29 is 0 Å². The zero-order chi connectivity index (χ0) is 30.7. The molecular formula is C25H26N18. The van der Waals surface area contributed by atoms with Crippen LogP contribution in [-0.2, 0) is 20.5 Å². The van der Waals surface area contributed by atoms with Crippen molar-refractivity contribution in [2.75, 3.05) is 11.5 Å². The Hall–Kier alpha value is -6.30. The average Bonchev–Trinajstić information content (AvgIpc) is 3.73. The van der Waals surface area contributed by atoms with E-state index in [4.69, 9.17) is 11.5 Å². The summed E-state index contributed by atoms with van der Waals surface area (Å²) < 4.78 is 5.73. The monoisotopic (exact) mass is 578 g/mol. The van der Waals surface area contributed by atoms with Crippen molar-refractivity contribution in [1.82, 2.24) is 49.1 Å². The van der Waals surface area contributed by atoms with Gasteiger partial charge in [-0.25, -0.2) is 19.3 Å². The number of aromatic nitrogens is 10. The molecule has 0 aliphatic heterocycles. The van der Waals surface area contributed by atoms with Gasteiger partial charge in [0.05, 0.1) is 23.8 Å². The van der Waals surface area contributed by atoms with Crippen molar-refractivity contribution in [2.24, 2.45) is 34.6 Å². The molecule has 216 valence electrons. The zero-order valence-electron chi connectivity index (χ0n) is 23.7. The van der Waals surface area contributed by atoms with E-state index in [2.05, 4.69) is 57.7 Å². The van der Waals surface area contributed by atoms with E-state index in [1.807, 2.05) is 12.1 Å². The number of nitrogens with two attached hydrogens (primary N) is 2. The molecule has 5 heterocycles. The summed E-state index contributed by atoms with van der Waals surface area (Å²) in [6.07, 6.45) is 6.52. The second-order valence-electron chi connectivity index (χ2n) is 9.30. The Kier molecular flexibility index (Phi) is 7.66. The molecule has 43 heavy (non-hydrogen) atoms. The highest BCUT2D eigenvalue weighted by Gasteiger charge is 2.21. The van der Waals surface area contributed by atoms with E-state index in [1.165, 1.54) is 37.4 Å². The molecule has 0 aromatic carbocycles. The Balaban J connectivity index is 1.52. The van der Waals surface area contributed by atoms with E-state index in [1.54, 1.807) is 27.1 Å². The molecule has 0 saturated heterocycles. The number of nitrogens with zero attached hydrogens (tertiary/aromatic N) is 16. The van der Waals surface area contributed by atoms with Crippen LogP contribution in [0.1, 0.15) is 42.3 Å². The summed E-state index contributed by atoms with van der Waals surface area (Å²) >= 11 is 0. The Morgan fingerprint density at radius 3 is 1.91 bits per heavy atom. The Morgan fingerprint density at radius 2 is 1.35 bits per heavy atom. The summed E-state index contributed by atoms with van der Waals surface area (Å²) in [7, 11) is 3.32. The fourth-order valence-corrected chi connectivity index (χ4v) is 4.12. The van der Waals surface area contributed by atoms with Gasteiger partial charge in [0.25, 0.3) is 0 Å². The molecule has 0 aliphatic rings. The molecule has 5 rings (SSSR count). The summed E-state index contributed by atoms with van der Waals surface area (Å²) in [5, 5.41) is 52.9. The van der Waals surface area contributed by atoms with Crippen molar-refractivity contribution >= 4 is 34.6 Å². The highest BCUT2D eigenvalue weighted by Crippen LogP contribution is 2.34. The highest BCUT2D eigenvalue weighted by molar-refractivity contribution is 5.66. The van der Waals surface area contributed by atoms with E-state index in [0.29, 0.717) is 46.6 Å². The van der Waals surface area contributed by atoms with Crippen LogP contribution in [0.25, 0.3) is 11.6 Å². The molecule has 5 aromatic rings. The fraction of sp³-hybridized carbons (Fsp3) is 0.280. The van der Waals surface area contributed by atoms with E-state index in [0.717, 1.165) is 12.8 Å². The third kappa shape index (κ3) is 5.27. The minimum atomic E-state index is 0.169. The molecule has 0 aliphatic carbocycles. The first-order valence-corrected chi connectivity index (χ1v) is 13.0. The van der Waals surface area contributed by atoms with Crippen molar-refractivity contribution in [3.63, 3.8) is 0 Å². The molecule has 0 unspecified atom stereocenters. The summed E-state index contributed by atoms with van der Waals surface area (Å²) in [5.41, 5.74) is 15.2. The number of aryl methyl sites for hydroxylation is 4. The van der Waals surface area contributed by atoms with Crippen LogP contribution in [-0.4, -0.2) is 49.1 Å². The third-order valence-corrected chi connectivity index (χ3v) is 6.41. The third-order valence-electron chi connectivity index (χ3n) is 6.41. The molecule has 0 fully saturated rings. The lowest BCUT2D eigenvalue weighted by atomic mass is 10.2. The molecule has 0 spiro atoms. The molecule has 0 saturated carbocycles. The van der Waals surface area contributed by atoms with Crippen LogP contribution in [0, 0.1) is 29.6 Å². The van der Waals surface area contributed by atoms with Crippen LogP contribution >= 0.6 is 0 Å². The molecule has 0 amide bonds. The van der Waals surface area contributed by atoms with E-state index in [9.17, 15) is 10.5 Å². The lowest BCUT2D eigenvalue weighted by molar-refractivity contribution is 0.743. The van der Waals surface area contributed by atoms with Crippen LogP contribution in [0.15, 0.2) is 45.2 Å². The van der Waals surface area contributed by atoms with Gasteiger partial charge in [0.15, 0.2) is 46.3 Å². The first kappa shape index (κ1) is 28.2. The summed E-state index contributed by atoms with van der Waals surface area (Å²) in [6.45, 7) is 3.79. The molecule has 0 radical (unpaired) electrons. The number of hydrogen-bond donors (Lipinski definition) is 2. The average molecular weight is 579 g/mol. The quantitative estimate of drug-likeness (QED) is 0.240. The van der Waals surface area contributed by atoms with Crippen LogP contribution < -0.4 is 11.5 Å². The minimum absolute atomic E-state index is 0.169.